The van der Waals surface area contributed by atoms with Crippen molar-refractivity contribution >= 4 is 87.0 Å². The molecule has 250 valence electrons. The van der Waals surface area contributed by atoms with Crippen LogP contribution in [0.15, 0.2) is 180 Å². The third kappa shape index (κ3) is 4.13. The molecule has 0 amide bonds. The molecule has 0 N–H and O–H groups in total. The van der Waals surface area contributed by atoms with E-state index >= 15 is 0 Å². The van der Waals surface area contributed by atoms with Gasteiger partial charge in [0.15, 0.2) is 5.82 Å². The lowest BCUT2D eigenvalue weighted by atomic mass is 9.97. The van der Waals surface area contributed by atoms with Crippen molar-refractivity contribution in [3.05, 3.63) is 176 Å². The molecule has 0 aliphatic heterocycles. The van der Waals surface area contributed by atoms with Gasteiger partial charge < -0.3 is 8.98 Å². The van der Waals surface area contributed by atoms with Crippen molar-refractivity contribution in [3.63, 3.8) is 0 Å². The Hall–Kier alpha value is -7.30. The van der Waals surface area contributed by atoms with E-state index in [1.807, 2.05) is 24.3 Å². The molecular formula is C50H29N3O. The Kier molecular flexibility index (Phi) is 6.02. The van der Waals surface area contributed by atoms with Crippen molar-refractivity contribution in [2.45, 2.75) is 0 Å². The van der Waals surface area contributed by atoms with E-state index in [1.54, 1.807) is 0 Å². The van der Waals surface area contributed by atoms with Gasteiger partial charge in [0.1, 0.15) is 11.2 Å². The molecule has 0 fully saturated rings. The summed E-state index contributed by atoms with van der Waals surface area (Å²) in [6, 6.07) is 62.6. The standard InChI is InChI=1S/C50H29N3O/c1-2-14-32-29-45-42(28-31(32)13-1)38-25-24-30-12-3-4-15-33(30)48(38)53(45)44-27-26-37(34-16-5-6-17-35(34)44)47-40-19-7-9-22-43(40)51-50(52-47)41-21-11-20-39-36-18-8-10-23-46(36)54-49(39)41/h1-29H. The topological polar surface area (TPSA) is 43.9 Å². The predicted octanol–water partition coefficient (Wildman–Crippen LogP) is 13.4. The molecular weight excluding hydrogens is 659 g/mol. The summed E-state index contributed by atoms with van der Waals surface area (Å²) in [7, 11) is 0. The first kappa shape index (κ1) is 29.3. The quantitative estimate of drug-likeness (QED) is 0.186. The summed E-state index contributed by atoms with van der Waals surface area (Å²) in [5.74, 6) is 0.641. The predicted molar refractivity (Wildman–Crippen MR) is 225 cm³/mol. The molecule has 0 aliphatic rings. The van der Waals surface area contributed by atoms with Gasteiger partial charge in [0, 0.05) is 43.3 Å². The SMILES string of the molecule is c1ccc2cc3c(cc2c1)c1ccc2ccccc2c1n3-c1ccc(-c2nc(-c3cccc4c3oc3ccccc34)nc3ccccc23)c2ccccc12. The lowest BCUT2D eigenvalue weighted by Gasteiger charge is -2.17. The molecule has 0 bridgehead atoms. The fourth-order valence-corrected chi connectivity index (χ4v) is 8.72. The minimum absolute atomic E-state index is 0.641. The van der Waals surface area contributed by atoms with Crippen molar-refractivity contribution in [2.24, 2.45) is 0 Å². The van der Waals surface area contributed by atoms with Crippen molar-refractivity contribution in [1.82, 2.24) is 14.5 Å². The molecule has 0 unspecified atom stereocenters. The van der Waals surface area contributed by atoms with Crippen molar-refractivity contribution < 1.29 is 4.42 Å². The monoisotopic (exact) mass is 687 g/mol. The first-order chi connectivity index (χ1) is 26.8. The normalized spacial score (nSPS) is 12.1. The van der Waals surface area contributed by atoms with E-state index in [1.165, 1.54) is 43.4 Å². The molecule has 0 radical (unpaired) electrons. The number of furan rings is 1. The van der Waals surface area contributed by atoms with Gasteiger partial charge >= 0.3 is 0 Å². The molecule has 54 heavy (non-hydrogen) atoms. The highest BCUT2D eigenvalue weighted by Gasteiger charge is 2.21. The van der Waals surface area contributed by atoms with Crippen molar-refractivity contribution in [1.29, 1.82) is 0 Å². The van der Waals surface area contributed by atoms with E-state index in [9.17, 15) is 0 Å². The molecule has 0 atom stereocenters. The zero-order valence-electron chi connectivity index (χ0n) is 29.0. The number of hydrogen-bond donors (Lipinski definition) is 0. The van der Waals surface area contributed by atoms with Crippen LogP contribution in [0.5, 0.6) is 0 Å². The fraction of sp³-hybridized carbons (Fsp3) is 0. The average molecular weight is 688 g/mol. The number of benzene rings is 9. The van der Waals surface area contributed by atoms with E-state index in [0.717, 1.165) is 66.1 Å². The Morgan fingerprint density at radius 3 is 1.96 bits per heavy atom. The molecule has 0 aliphatic carbocycles. The molecule has 12 aromatic rings. The Morgan fingerprint density at radius 2 is 1.09 bits per heavy atom. The smallest absolute Gasteiger partial charge is 0.164 e. The van der Waals surface area contributed by atoms with Crippen LogP contribution in [0.25, 0.3) is 115 Å². The van der Waals surface area contributed by atoms with Crippen LogP contribution in [-0.2, 0) is 0 Å². The van der Waals surface area contributed by atoms with Gasteiger partial charge in [-0.2, -0.15) is 0 Å². The molecule has 4 heteroatoms. The summed E-state index contributed by atoms with van der Waals surface area (Å²) in [4.78, 5) is 10.5. The van der Waals surface area contributed by atoms with Gasteiger partial charge in [0.2, 0.25) is 0 Å². The zero-order valence-corrected chi connectivity index (χ0v) is 29.0. The van der Waals surface area contributed by atoms with Crippen LogP contribution in [0.4, 0.5) is 0 Å². The summed E-state index contributed by atoms with van der Waals surface area (Å²) in [6.07, 6.45) is 0. The van der Waals surface area contributed by atoms with E-state index in [-0.39, 0.29) is 0 Å². The highest BCUT2D eigenvalue weighted by Crippen LogP contribution is 2.43. The number of rotatable bonds is 3. The molecule has 3 aromatic heterocycles. The second-order valence-electron chi connectivity index (χ2n) is 14.1. The highest BCUT2D eigenvalue weighted by atomic mass is 16.3. The number of para-hydroxylation sites is 3. The Labute approximate surface area is 309 Å². The number of fused-ring (bicyclic) bond motifs is 11. The Morgan fingerprint density at radius 1 is 0.407 bits per heavy atom. The van der Waals surface area contributed by atoms with Crippen LogP contribution < -0.4 is 0 Å². The van der Waals surface area contributed by atoms with Crippen LogP contribution in [0, 0.1) is 0 Å². The molecule has 9 aromatic carbocycles. The average Bonchev–Trinajstić information content (AvgIpc) is 3.78. The van der Waals surface area contributed by atoms with Crippen LogP contribution >= 0.6 is 0 Å². The first-order valence-corrected chi connectivity index (χ1v) is 18.3. The van der Waals surface area contributed by atoms with E-state index in [2.05, 4.69) is 156 Å². The summed E-state index contributed by atoms with van der Waals surface area (Å²) in [5, 5.41) is 12.8. The molecule has 0 spiro atoms. The van der Waals surface area contributed by atoms with Crippen LogP contribution in [0.2, 0.25) is 0 Å². The molecule has 12 rings (SSSR count). The number of nitrogens with zero attached hydrogens (tertiary/aromatic N) is 3. The number of aromatic nitrogens is 3. The van der Waals surface area contributed by atoms with Gasteiger partial charge in [-0.15, -0.1) is 0 Å². The number of hydrogen-bond acceptors (Lipinski definition) is 3. The van der Waals surface area contributed by atoms with E-state index in [0.29, 0.717) is 5.82 Å². The van der Waals surface area contributed by atoms with E-state index in [4.69, 9.17) is 14.4 Å². The minimum Gasteiger partial charge on any atom is -0.455 e. The van der Waals surface area contributed by atoms with Gasteiger partial charge in [0.05, 0.1) is 33.5 Å². The summed E-state index contributed by atoms with van der Waals surface area (Å²) in [5.41, 5.74) is 8.90. The maximum atomic E-state index is 6.47. The third-order valence-electron chi connectivity index (χ3n) is 11.2. The second-order valence-corrected chi connectivity index (χ2v) is 14.1. The Balaban J connectivity index is 1.16. The van der Waals surface area contributed by atoms with Crippen LogP contribution in [0.1, 0.15) is 0 Å². The van der Waals surface area contributed by atoms with Crippen molar-refractivity contribution in [3.8, 4) is 28.3 Å². The van der Waals surface area contributed by atoms with Crippen LogP contribution in [0.3, 0.4) is 0 Å². The van der Waals surface area contributed by atoms with Gasteiger partial charge in [-0.3, -0.25) is 0 Å². The lowest BCUT2D eigenvalue weighted by Crippen LogP contribution is -1.99. The van der Waals surface area contributed by atoms with Gasteiger partial charge in [0.25, 0.3) is 0 Å². The largest absolute Gasteiger partial charge is 0.455 e. The lowest BCUT2D eigenvalue weighted by molar-refractivity contribution is 0.669. The van der Waals surface area contributed by atoms with Crippen LogP contribution in [-0.4, -0.2) is 14.5 Å². The van der Waals surface area contributed by atoms with Gasteiger partial charge in [-0.25, -0.2) is 9.97 Å². The second kappa shape index (κ2) is 11.1. The first-order valence-electron chi connectivity index (χ1n) is 18.3. The zero-order chi connectivity index (χ0) is 35.3. The summed E-state index contributed by atoms with van der Waals surface area (Å²) < 4.78 is 8.95. The van der Waals surface area contributed by atoms with Gasteiger partial charge in [-0.05, 0) is 57.9 Å². The highest BCUT2D eigenvalue weighted by molar-refractivity contribution is 6.22. The minimum atomic E-state index is 0.641. The summed E-state index contributed by atoms with van der Waals surface area (Å²) in [6.45, 7) is 0. The Bertz CT molecular complexity index is 3520. The fourth-order valence-electron chi connectivity index (χ4n) is 8.72. The molecule has 4 nitrogen and oxygen atoms in total. The maximum absolute atomic E-state index is 6.47. The molecule has 0 saturated heterocycles. The van der Waals surface area contributed by atoms with Gasteiger partial charge in [-0.1, -0.05) is 140 Å². The molecule has 0 saturated carbocycles. The third-order valence-corrected chi connectivity index (χ3v) is 11.2. The summed E-state index contributed by atoms with van der Waals surface area (Å²) >= 11 is 0. The van der Waals surface area contributed by atoms with E-state index < -0.39 is 0 Å². The maximum Gasteiger partial charge on any atom is 0.164 e. The molecule has 3 heterocycles. The van der Waals surface area contributed by atoms with Crippen molar-refractivity contribution in [2.75, 3.05) is 0 Å².